The van der Waals surface area contributed by atoms with Crippen LogP contribution in [0.15, 0.2) is 0 Å². The number of carbonyl (C=O) groups is 1. The van der Waals surface area contributed by atoms with Gasteiger partial charge in [-0.2, -0.15) is 0 Å². The van der Waals surface area contributed by atoms with Crippen LogP contribution in [0.25, 0.3) is 0 Å². The van der Waals surface area contributed by atoms with Crippen molar-refractivity contribution < 1.29 is 4.79 Å². The van der Waals surface area contributed by atoms with Gasteiger partial charge < -0.3 is 15.1 Å². The highest BCUT2D eigenvalue weighted by molar-refractivity contribution is 5.82. The Hall–Kier alpha value is -0.610. The van der Waals surface area contributed by atoms with Crippen LogP contribution in [-0.2, 0) is 4.79 Å². The molecule has 0 unspecified atom stereocenters. The van der Waals surface area contributed by atoms with Crippen molar-refractivity contribution in [2.24, 2.45) is 5.92 Å². The molecule has 0 bridgehead atoms. The van der Waals surface area contributed by atoms with Gasteiger partial charge in [0.05, 0.1) is 6.04 Å². The molecule has 1 amide bonds. The van der Waals surface area contributed by atoms with Gasteiger partial charge in [0.25, 0.3) is 0 Å². The number of hydrogen-bond acceptors (Lipinski definition) is 3. The third-order valence-corrected chi connectivity index (χ3v) is 4.71. The van der Waals surface area contributed by atoms with Crippen LogP contribution in [-0.4, -0.2) is 61.0 Å². The smallest absolute Gasteiger partial charge is 0.239 e. The van der Waals surface area contributed by atoms with Crippen LogP contribution in [0, 0.1) is 5.92 Å². The largest absolute Gasteiger partial charge is 0.341 e. The minimum Gasteiger partial charge on any atom is -0.341 e. The fourth-order valence-corrected chi connectivity index (χ4v) is 3.07. The molecule has 0 aromatic carbocycles. The number of hydrogen-bond donors (Lipinski definition) is 1. The van der Waals surface area contributed by atoms with Gasteiger partial charge >= 0.3 is 0 Å². The summed E-state index contributed by atoms with van der Waals surface area (Å²) in [6.07, 6.45) is 4.49. The molecule has 0 aromatic rings. The molecule has 1 atom stereocenters. The summed E-state index contributed by atoms with van der Waals surface area (Å²) in [5, 5.41) is 3.31. The van der Waals surface area contributed by atoms with Gasteiger partial charge in [-0.3, -0.25) is 4.79 Å². The van der Waals surface area contributed by atoms with Crippen molar-refractivity contribution >= 4 is 5.91 Å². The van der Waals surface area contributed by atoms with E-state index in [-0.39, 0.29) is 6.04 Å². The van der Waals surface area contributed by atoms with E-state index in [1.165, 1.54) is 6.54 Å². The minimum absolute atomic E-state index is 0.106. The van der Waals surface area contributed by atoms with E-state index < -0.39 is 0 Å². The molecule has 0 aromatic heterocycles. The summed E-state index contributed by atoms with van der Waals surface area (Å²) in [5.41, 5.74) is 0. The van der Waals surface area contributed by atoms with Crippen molar-refractivity contribution in [3.8, 4) is 0 Å². The molecule has 0 aliphatic carbocycles. The van der Waals surface area contributed by atoms with Crippen LogP contribution in [0.4, 0.5) is 0 Å². The number of nitrogens with zero attached hydrogens (tertiary/aromatic N) is 2. The second-order valence-electron chi connectivity index (χ2n) is 6.45. The van der Waals surface area contributed by atoms with E-state index in [9.17, 15) is 4.79 Å². The SMILES string of the molecule is CC(C)N(C)CC1CCN(C(=O)[C@H]2CCCN2)CC1. The predicted molar refractivity (Wildman–Crippen MR) is 78.1 cm³/mol. The van der Waals surface area contributed by atoms with Crippen LogP contribution in [0.3, 0.4) is 0 Å². The van der Waals surface area contributed by atoms with E-state index >= 15 is 0 Å². The quantitative estimate of drug-likeness (QED) is 0.834. The highest BCUT2D eigenvalue weighted by Gasteiger charge is 2.30. The Labute approximate surface area is 117 Å². The summed E-state index contributed by atoms with van der Waals surface area (Å²) in [4.78, 5) is 16.8. The van der Waals surface area contributed by atoms with Gasteiger partial charge in [0.2, 0.25) is 5.91 Å². The summed E-state index contributed by atoms with van der Waals surface area (Å²) >= 11 is 0. The molecule has 110 valence electrons. The topological polar surface area (TPSA) is 35.6 Å². The highest BCUT2D eigenvalue weighted by Crippen LogP contribution is 2.20. The van der Waals surface area contributed by atoms with E-state index in [2.05, 4.69) is 36.0 Å². The van der Waals surface area contributed by atoms with Gasteiger partial charge in [-0.1, -0.05) is 0 Å². The van der Waals surface area contributed by atoms with Crippen molar-refractivity contribution in [1.29, 1.82) is 0 Å². The van der Waals surface area contributed by atoms with E-state index in [0.29, 0.717) is 11.9 Å². The molecular weight excluding hydrogens is 238 g/mol. The Morgan fingerprint density at radius 2 is 2.00 bits per heavy atom. The second-order valence-corrected chi connectivity index (χ2v) is 6.45. The second kappa shape index (κ2) is 6.71. The van der Waals surface area contributed by atoms with Crippen molar-refractivity contribution in [2.45, 2.75) is 51.6 Å². The summed E-state index contributed by atoms with van der Waals surface area (Å²) in [6, 6.07) is 0.720. The maximum Gasteiger partial charge on any atom is 0.239 e. The van der Waals surface area contributed by atoms with E-state index in [1.807, 2.05) is 0 Å². The maximum absolute atomic E-state index is 12.3. The van der Waals surface area contributed by atoms with Crippen molar-refractivity contribution in [3.63, 3.8) is 0 Å². The molecule has 0 saturated carbocycles. The molecule has 2 aliphatic heterocycles. The third kappa shape index (κ3) is 3.93. The van der Waals surface area contributed by atoms with Gasteiger partial charge in [-0.25, -0.2) is 0 Å². The molecular formula is C15H29N3O. The molecule has 1 N–H and O–H groups in total. The van der Waals surface area contributed by atoms with Gasteiger partial charge in [-0.05, 0) is 59.0 Å². The highest BCUT2D eigenvalue weighted by atomic mass is 16.2. The monoisotopic (exact) mass is 267 g/mol. The van der Waals surface area contributed by atoms with Crippen LogP contribution in [0.1, 0.15) is 39.5 Å². The van der Waals surface area contributed by atoms with Crippen molar-refractivity contribution in [3.05, 3.63) is 0 Å². The maximum atomic E-state index is 12.3. The Morgan fingerprint density at radius 1 is 1.32 bits per heavy atom. The first kappa shape index (κ1) is 14.8. The number of rotatable bonds is 4. The van der Waals surface area contributed by atoms with Crippen LogP contribution < -0.4 is 5.32 Å². The normalized spacial score (nSPS) is 25.5. The molecule has 19 heavy (non-hydrogen) atoms. The van der Waals surface area contributed by atoms with Crippen molar-refractivity contribution in [1.82, 2.24) is 15.1 Å². The Morgan fingerprint density at radius 3 is 2.53 bits per heavy atom. The van der Waals surface area contributed by atoms with Gasteiger partial charge in [0.15, 0.2) is 0 Å². The number of piperidine rings is 1. The standard InChI is InChI=1S/C15H29N3O/c1-12(2)17(3)11-13-6-9-18(10-7-13)15(19)14-5-4-8-16-14/h12-14,16H,4-11H2,1-3H3/t14-/m1/s1. The lowest BCUT2D eigenvalue weighted by atomic mass is 9.95. The summed E-state index contributed by atoms with van der Waals surface area (Å²) in [7, 11) is 2.20. The van der Waals surface area contributed by atoms with Crippen LogP contribution >= 0.6 is 0 Å². The van der Waals surface area contributed by atoms with E-state index in [4.69, 9.17) is 0 Å². The van der Waals surface area contributed by atoms with Crippen LogP contribution in [0.2, 0.25) is 0 Å². The average Bonchev–Trinajstić information content (AvgIpc) is 2.92. The fourth-order valence-electron chi connectivity index (χ4n) is 3.07. The van der Waals surface area contributed by atoms with E-state index in [1.54, 1.807) is 0 Å². The number of carbonyl (C=O) groups excluding carboxylic acids is 1. The fraction of sp³-hybridized carbons (Fsp3) is 0.933. The van der Waals surface area contributed by atoms with Crippen molar-refractivity contribution in [2.75, 3.05) is 33.2 Å². The first-order valence-electron chi connectivity index (χ1n) is 7.80. The molecule has 2 fully saturated rings. The average molecular weight is 267 g/mol. The minimum atomic E-state index is 0.106. The Kier molecular flexibility index (Phi) is 5.22. The summed E-state index contributed by atoms with van der Waals surface area (Å²) in [6.45, 7) is 8.56. The Balaban J connectivity index is 1.74. The molecule has 2 saturated heterocycles. The van der Waals surface area contributed by atoms with Gasteiger partial charge in [0.1, 0.15) is 0 Å². The summed E-state index contributed by atoms with van der Waals surface area (Å²) < 4.78 is 0. The lowest BCUT2D eigenvalue weighted by Crippen LogP contribution is -2.48. The van der Waals surface area contributed by atoms with Crippen LogP contribution in [0.5, 0.6) is 0 Å². The number of likely N-dealkylation sites (tertiary alicyclic amines) is 1. The Bertz CT molecular complexity index is 292. The molecule has 4 heteroatoms. The molecule has 4 nitrogen and oxygen atoms in total. The third-order valence-electron chi connectivity index (χ3n) is 4.71. The lowest BCUT2D eigenvalue weighted by molar-refractivity contribution is -0.134. The zero-order valence-corrected chi connectivity index (χ0v) is 12.7. The number of amides is 1. The summed E-state index contributed by atoms with van der Waals surface area (Å²) in [5.74, 6) is 1.10. The first-order valence-corrected chi connectivity index (χ1v) is 7.80. The zero-order chi connectivity index (χ0) is 13.8. The molecule has 0 spiro atoms. The molecule has 2 heterocycles. The van der Waals surface area contributed by atoms with Gasteiger partial charge in [-0.15, -0.1) is 0 Å². The lowest BCUT2D eigenvalue weighted by Gasteiger charge is -2.36. The van der Waals surface area contributed by atoms with E-state index in [0.717, 1.165) is 51.2 Å². The number of nitrogens with one attached hydrogen (secondary N) is 1. The molecule has 2 aliphatic rings. The zero-order valence-electron chi connectivity index (χ0n) is 12.7. The molecule has 2 rings (SSSR count). The first-order chi connectivity index (χ1) is 9.08. The molecule has 0 radical (unpaired) electrons. The van der Waals surface area contributed by atoms with Gasteiger partial charge in [0, 0.05) is 25.7 Å². The predicted octanol–water partition coefficient (Wildman–Crippen LogP) is 1.32.